The third kappa shape index (κ3) is 4.00. The minimum Gasteiger partial charge on any atom is -0.295 e. The van der Waals surface area contributed by atoms with Gasteiger partial charge in [0, 0.05) is 11.6 Å². The molecule has 0 saturated heterocycles. The van der Waals surface area contributed by atoms with E-state index < -0.39 is 27.7 Å². The summed E-state index contributed by atoms with van der Waals surface area (Å²) in [6.07, 6.45) is 0. The quantitative estimate of drug-likeness (QED) is 0.851. The van der Waals surface area contributed by atoms with Gasteiger partial charge in [0.2, 0.25) is 10.0 Å². The number of carbonyl (C=O) groups is 1. The van der Waals surface area contributed by atoms with Gasteiger partial charge in [-0.25, -0.2) is 21.9 Å². The molecule has 2 rings (SSSR count). The fourth-order valence-corrected chi connectivity index (χ4v) is 3.25. The van der Waals surface area contributed by atoms with Gasteiger partial charge in [0.05, 0.1) is 4.90 Å². The first-order valence-corrected chi connectivity index (χ1v) is 8.27. The van der Waals surface area contributed by atoms with Gasteiger partial charge in [-0.15, -0.1) is 0 Å². The highest BCUT2D eigenvalue weighted by molar-refractivity contribution is 7.89. The van der Waals surface area contributed by atoms with Gasteiger partial charge < -0.3 is 0 Å². The number of sulfonamides is 1. The van der Waals surface area contributed by atoms with Gasteiger partial charge >= 0.3 is 0 Å². The first kappa shape index (κ1) is 17.2. The van der Waals surface area contributed by atoms with E-state index >= 15 is 0 Å². The van der Waals surface area contributed by atoms with Gasteiger partial charge in [-0.2, -0.15) is 0 Å². The van der Waals surface area contributed by atoms with Crippen LogP contribution in [0.15, 0.2) is 47.4 Å². The average Bonchev–Trinajstić information content (AvgIpc) is 2.49. The number of halogens is 2. The number of hydrogen-bond donors (Lipinski definition) is 1. The molecule has 4 nitrogen and oxygen atoms in total. The zero-order valence-corrected chi connectivity index (χ0v) is 13.3. The molecule has 0 bridgehead atoms. The highest BCUT2D eigenvalue weighted by Crippen LogP contribution is 2.19. The van der Waals surface area contributed by atoms with Crippen molar-refractivity contribution in [1.82, 2.24) is 4.72 Å². The van der Waals surface area contributed by atoms with Crippen LogP contribution in [0, 0.1) is 11.6 Å². The highest BCUT2D eigenvalue weighted by Gasteiger charge is 2.19. The topological polar surface area (TPSA) is 63.2 Å². The van der Waals surface area contributed by atoms with Crippen LogP contribution in [0.3, 0.4) is 0 Å². The number of nitrogens with one attached hydrogen (secondary N) is 1. The Bertz CT molecular complexity index is 833. The smallest absolute Gasteiger partial charge is 0.241 e. The SMILES string of the molecule is CC(=O)c1ccc(S(=O)(=O)N[C@@H](C)c2ccc(F)c(F)c2)cc1. The number of ketones is 1. The van der Waals surface area contributed by atoms with Crippen LogP contribution in [0.2, 0.25) is 0 Å². The van der Waals surface area contributed by atoms with E-state index in [2.05, 4.69) is 4.72 Å². The first-order chi connectivity index (χ1) is 10.7. The zero-order chi connectivity index (χ0) is 17.2. The summed E-state index contributed by atoms with van der Waals surface area (Å²) in [5.74, 6) is -2.21. The summed E-state index contributed by atoms with van der Waals surface area (Å²) >= 11 is 0. The largest absolute Gasteiger partial charge is 0.295 e. The molecule has 1 N–H and O–H groups in total. The molecule has 2 aromatic rings. The molecular weight excluding hydrogens is 324 g/mol. The Hall–Kier alpha value is -2.12. The Kier molecular flexibility index (Phi) is 4.91. The molecule has 0 spiro atoms. The highest BCUT2D eigenvalue weighted by atomic mass is 32.2. The van der Waals surface area contributed by atoms with Gasteiger partial charge in [-0.05, 0) is 43.7 Å². The van der Waals surface area contributed by atoms with Crippen molar-refractivity contribution in [1.29, 1.82) is 0 Å². The summed E-state index contributed by atoms with van der Waals surface area (Å²) in [4.78, 5) is 11.2. The van der Waals surface area contributed by atoms with E-state index in [4.69, 9.17) is 0 Å². The van der Waals surface area contributed by atoms with Crippen molar-refractivity contribution in [3.63, 3.8) is 0 Å². The van der Waals surface area contributed by atoms with Crippen LogP contribution in [0.1, 0.15) is 35.8 Å². The summed E-state index contributed by atoms with van der Waals surface area (Å²) in [6, 6.07) is 7.91. The van der Waals surface area contributed by atoms with Gasteiger partial charge in [-0.1, -0.05) is 18.2 Å². The maximum atomic E-state index is 13.2. The minimum atomic E-state index is -3.85. The zero-order valence-electron chi connectivity index (χ0n) is 12.5. The maximum Gasteiger partial charge on any atom is 0.241 e. The Morgan fingerprint density at radius 2 is 1.65 bits per heavy atom. The predicted molar refractivity (Wildman–Crippen MR) is 81.5 cm³/mol. The summed E-state index contributed by atoms with van der Waals surface area (Å²) in [7, 11) is -3.85. The molecule has 0 aliphatic carbocycles. The van der Waals surface area contributed by atoms with Crippen LogP contribution in [0.5, 0.6) is 0 Å². The molecule has 0 aliphatic rings. The van der Waals surface area contributed by atoms with E-state index in [-0.39, 0.29) is 10.7 Å². The number of benzene rings is 2. The number of hydrogen-bond acceptors (Lipinski definition) is 3. The summed E-state index contributed by atoms with van der Waals surface area (Å²) in [5.41, 5.74) is 0.699. The molecule has 0 radical (unpaired) electrons. The van der Waals surface area contributed by atoms with Gasteiger partial charge in [-0.3, -0.25) is 4.79 Å². The van der Waals surface area contributed by atoms with Crippen molar-refractivity contribution in [2.75, 3.05) is 0 Å². The monoisotopic (exact) mass is 339 g/mol. The molecule has 0 aliphatic heterocycles. The molecule has 0 fully saturated rings. The fourth-order valence-electron chi connectivity index (χ4n) is 2.02. The molecule has 23 heavy (non-hydrogen) atoms. The van der Waals surface area contributed by atoms with Gasteiger partial charge in [0.25, 0.3) is 0 Å². The Balaban J connectivity index is 2.22. The summed E-state index contributed by atoms with van der Waals surface area (Å²) in [6.45, 7) is 2.90. The molecule has 2 aromatic carbocycles. The van der Waals surface area contributed by atoms with E-state index in [1.807, 2.05) is 0 Å². The standard InChI is InChI=1S/C16H15F2NO3S/c1-10(13-5-8-15(17)16(18)9-13)19-23(21,22)14-6-3-12(4-7-14)11(2)20/h3-10,19H,1-2H3/t10-/m0/s1. The van der Waals surface area contributed by atoms with Crippen molar-refractivity contribution >= 4 is 15.8 Å². The number of rotatable bonds is 5. The second kappa shape index (κ2) is 6.55. The fraction of sp³-hybridized carbons (Fsp3) is 0.188. The van der Waals surface area contributed by atoms with Crippen molar-refractivity contribution in [2.45, 2.75) is 24.8 Å². The van der Waals surface area contributed by atoms with Gasteiger partial charge in [0.1, 0.15) is 0 Å². The van der Waals surface area contributed by atoms with E-state index in [0.717, 1.165) is 12.1 Å². The van der Waals surface area contributed by atoms with E-state index in [9.17, 15) is 22.0 Å². The third-order valence-corrected chi connectivity index (χ3v) is 4.90. The van der Waals surface area contributed by atoms with Crippen LogP contribution in [-0.4, -0.2) is 14.2 Å². The molecule has 0 unspecified atom stereocenters. The molecule has 0 amide bonds. The lowest BCUT2D eigenvalue weighted by Crippen LogP contribution is -2.27. The molecule has 0 heterocycles. The summed E-state index contributed by atoms with van der Waals surface area (Å²) in [5, 5.41) is 0. The molecule has 122 valence electrons. The van der Waals surface area contributed by atoms with Crippen LogP contribution >= 0.6 is 0 Å². The Morgan fingerprint density at radius 1 is 1.04 bits per heavy atom. The molecule has 0 saturated carbocycles. The van der Waals surface area contributed by atoms with Crippen molar-refractivity contribution in [3.05, 3.63) is 65.2 Å². The van der Waals surface area contributed by atoms with Crippen LogP contribution in [0.4, 0.5) is 8.78 Å². The second-order valence-corrected chi connectivity index (χ2v) is 6.81. The molecular formula is C16H15F2NO3S. The minimum absolute atomic E-state index is 0.0167. The molecule has 0 aromatic heterocycles. The Morgan fingerprint density at radius 3 is 2.17 bits per heavy atom. The lowest BCUT2D eigenvalue weighted by Gasteiger charge is -2.15. The van der Waals surface area contributed by atoms with E-state index in [0.29, 0.717) is 11.1 Å². The predicted octanol–water partition coefficient (Wildman–Crippen LogP) is 3.21. The number of carbonyl (C=O) groups excluding carboxylic acids is 1. The molecule has 7 heteroatoms. The normalized spacial score (nSPS) is 12.9. The van der Waals surface area contributed by atoms with Crippen molar-refractivity contribution in [3.8, 4) is 0 Å². The average molecular weight is 339 g/mol. The van der Waals surface area contributed by atoms with E-state index in [1.54, 1.807) is 0 Å². The van der Waals surface area contributed by atoms with Crippen molar-refractivity contribution < 1.29 is 22.0 Å². The number of Topliss-reactive ketones (excluding diaryl/α,β-unsaturated/α-hetero) is 1. The summed E-state index contributed by atoms with van der Waals surface area (Å²) < 4.78 is 53.1. The van der Waals surface area contributed by atoms with Crippen LogP contribution in [0.25, 0.3) is 0 Å². The lowest BCUT2D eigenvalue weighted by atomic mass is 10.1. The van der Waals surface area contributed by atoms with Crippen LogP contribution in [-0.2, 0) is 10.0 Å². The Labute approximate surface area is 133 Å². The van der Waals surface area contributed by atoms with E-state index in [1.165, 1.54) is 44.2 Å². The third-order valence-electron chi connectivity index (χ3n) is 3.35. The molecule has 1 atom stereocenters. The lowest BCUT2D eigenvalue weighted by molar-refractivity contribution is 0.101. The second-order valence-electron chi connectivity index (χ2n) is 5.10. The maximum absolute atomic E-state index is 13.2. The van der Waals surface area contributed by atoms with Gasteiger partial charge in [0.15, 0.2) is 17.4 Å². The van der Waals surface area contributed by atoms with Crippen LogP contribution < -0.4 is 4.72 Å². The van der Waals surface area contributed by atoms with Crippen molar-refractivity contribution in [2.24, 2.45) is 0 Å². The first-order valence-electron chi connectivity index (χ1n) is 6.79.